The van der Waals surface area contributed by atoms with Gasteiger partial charge in [-0.05, 0) is 49.6 Å². The molecular weight excluding hydrogens is 354 g/mol. The molecule has 0 aliphatic heterocycles. The Hall–Kier alpha value is -3.13. The number of nitrogens with one attached hydrogen (secondary N) is 1. The molecule has 0 bridgehead atoms. The topological polar surface area (TPSA) is 56.8 Å². The summed E-state index contributed by atoms with van der Waals surface area (Å²) in [6.07, 6.45) is 7.00. The first kappa shape index (κ1) is 21.2. The molecule has 1 N–H and O–H groups in total. The molecule has 5 heteroatoms. The predicted molar refractivity (Wildman–Crippen MR) is 110 cm³/mol. The van der Waals surface area contributed by atoms with Crippen molar-refractivity contribution < 1.29 is 19.0 Å². The van der Waals surface area contributed by atoms with Gasteiger partial charge in [0.2, 0.25) is 5.91 Å². The summed E-state index contributed by atoms with van der Waals surface area (Å²) < 4.78 is 16.6. The number of ether oxygens (including phenoxy) is 3. The first-order valence-corrected chi connectivity index (χ1v) is 9.49. The van der Waals surface area contributed by atoms with Gasteiger partial charge in [-0.3, -0.25) is 4.79 Å². The second-order valence-electron chi connectivity index (χ2n) is 6.07. The minimum absolute atomic E-state index is 0.0238. The third-order valence-corrected chi connectivity index (χ3v) is 3.94. The fourth-order valence-electron chi connectivity index (χ4n) is 2.57. The van der Waals surface area contributed by atoms with Crippen molar-refractivity contribution in [3.63, 3.8) is 0 Å². The van der Waals surface area contributed by atoms with Crippen LogP contribution in [0.5, 0.6) is 17.2 Å². The van der Waals surface area contributed by atoms with Gasteiger partial charge in [0.15, 0.2) is 11.5 Å². The maximum Gasteiger partial charge on any atom is 0.220 e. The number of hydrogen-bond acceptors (Lipinski definition) is 4. The number of hydrogen-bond donors (Lipinski definition) is 1. The number of terminal acetylenes is 1. The summed E-state index contributed by atoms with van der Waals surface area (Å²) in [5.74, 6) is 4.64. The molecule has 0 unspecified atom stereocenters. The number of benzene rings is 2. The molecule has 2 aromatic carbocycles. The molecule has 2 aromatic rings. The van der Waals surface area contributed by atoms with E-state index in [2.05, 4.69) is 11.2 Å². The summed E-state index contributed by atoms with van der Waals surface area (Å²) in [6.45, 7) is 3.84. The zero-order valence-electron chi connectivity index (χ0n) is 16.3. The van der Waals surface area contributed by atoms with E-state index in [9.17, 15) is 4.79 Å². The molecule has 148 valence electrons. The highest BCUT2D eigenvalue weighted by molar-refractivity contribution is 5.75. The molecule has 2 rings (SSSR count). The summed E-state index contributed by atoms with van der Waals surface area (Å²) in [4.78, 5) is 12.0. The third kappa shape index (κ3) is 7.63. The maximum atomic E-state index is 12.0. The summed E-state index contributed by atoms with van der Waals surface area (Å²) >= 11 is 0. The van der Waals surface area contributed by atoms with E-state index < -0.39 is 0 Å². The molecule has 5 nitrogen and oxygen atoms in total. The van der Waals surface area contributed by atoms with Gasteiger partial charge >= 0.3 is 0 Å². The monoisotopic (exact) mass is 381 g/mol. The molecule has 0 radical (unpaired) electrons. The standard InChI is InChI=1S/C23H27NO4/c1-3-17-27-20-13-11-19(12-14-20)15-16-24-23(25)10-7-18-28-22-9-6-5-8-21(22)26-4-2/h1,5-6,8-9,11-14H,4,7,10,15-18H2,2H3,(H,24,25). The molecule has 0 aliphatic carbocycles. The third-order valence-electron chi connectivity index (χ3n) is 3.94. The van der Waals surface area contributed by atoms with Crippen molar-refractivity contribution in [3.8, 4) is 29.6 Å². The van der Waals surface area contributed by atoms with Gasteiger partial charge in [0.25, 0.3) is 0 Å². The van der Waals surface area contributed by atoms with E-state index in [1.165, 1.54) is 0 Å². The lowest BCUT2D eigenvalue weighted by molar-refractivity contribution is -0.121. The Bertz CT molecular complexity index is 765. The van der Waals surface area contributed by atoms with Crippen LogP contribution in [0.15, 0.2) is 48.5 Å². The van der Waals surface area contributed by atoms with E-state index in [1.54, 1.807) is 0 Å². The Balaban J connectivity index is 1.61. The average molecular weight is 381 g/mol. The van der Waals surface area contributed by atoms with Crippen LogP contribution in [0.4, 0.5) is 0 Å². The zero-order valence-corrected chi connectivity index (χ0v) is 16.3. The second-order valence-corrected chi connectivity index (χ2v) is 6.07. The highest BCUT2D eigenvalue weighted by Crippen LogP contribution is 2.26. The van der Waals surface area contributed by atoms with Gasteiger partial charge in [0, 0.05) is 13.0 Å². The molecular formula is C23H27NO4. The van der Waals surface area contributed by atoms with Gasteiger partial charge in [-0.1, -0.05) is 30.2 Å². The molecule has 28 heavy (non-hydrogen) atoms. The van der Waals surface area contributed by atoms with E-state index in [0.717, 1.165) is 23.5 Å². The largest absolute Gasteiger partial charge is 0.490 e. The van der Waals surface area contributed by atoms with Crippen LogP contribution in [0.2, 0.25) is 0 Å². The normalized spacial score (nSPS) is 10.0. The van der Waals surface area contributed by atoms with Crippen LogP contribution in [-0.4, -0.2) is 32.3 Å². The first-order chi connectivity index (χ1) is 13.7. The van der Waals surface area contributed by atoms with Crippen LogP contribution in [0.3, 0.4) is 0 Å². The minimum atomic E-state index is 0.0238. The summed E-state index contributed by atoms with van der Waals surface area (Å²) in [5, 5.41) is 2.93. The SMILES string of the molecule is C#CCOc1ccc(CCNC(=O)CCCOc2ccccc2OCC)cc1. The Labute approximate surface area is 167 Å². The van der Waals surface area contributed by atoms with Crippen LogP contribution in [-0.2, 0) is 11.2 Å². The number of carbonyl (C=O) groups is 1. The van der Waals surface area contributed by atoms with Gasteiger partial charge in [-0.2, -0.15) is 0 Å². The fraction of sp³-hybridized carbons (Fsp3) is 0.348. The van der Waals surface area contributed by atoms with Crippen molar-refractivity contribution in [2.24, 2.45) is 0 Å². The number of amides is 1. The number of carbonyl (C=O) groups excluding carboxylic acids is 1. The number of rotatable bonds is 12. The maximum absolute atomic E-state index is 12.0. The van der Waals surface area contributed by atoms with Crippen molar-refractivity contribution in [2.75, 3.05) is 26.4 Å². The first-order valence-electron chi connectivity index (χ1n) is 9.49. The van der Waals surface area contributed by atoms with Gasteiger partial charge < -0.3 is 19.5 Å². The van der Waals surface area contributed by atoms with Crippen molar-refractivity contribution in [2.45, 2.75) is 26.2 Å². The molecule has 1 amide bonds. The van der Waals surface area contributed by atoms with Crippen molar-refractivity contribution in [1.82, 2.24) is 5.32 Å². The highest BCUT2D eigenvalue weighted by atomic mass is 16.5. The average Bonchev–Trinajstić information content (AvgIpc) is 2.72. The Morgan fingerprint density at radius 2 is 1.75 bits per heavy atom. The van der Waals surface area contributed by atoms with Gasteiger partial charge in [-0.15, -0.1) is 6.42 Å². The smallest absolute Gasteiger partial charge is 0.220 e. The Kier molecular flexibility index (Phi) is 9.30. The van der Waals surface area contributed by atoms with Crippen LogP contribution in [0.1, 0.15) is 25.3 Å². The van der Waals surface area contributed by atoms with Crippen molar-refractivity contribution >= 4 is 5.91 Å². The number of para-hydroxylation sites is 2. The van der Waals surface area contributed by atoms with Gasteiger partial charge in [-0.25, -0.2) is 0 Å². The lowest BCUT2D eigenvalue weighted by Crippen LogP contribution is -2.25. The molecule has 0 saturated carbocycles. The predicted octanol–water partition coefficient (Wildman–Crippen LogP) is 3.62. The quantitative estimate of drug-likeness (QED) is 0.451. The van der Waals surface area contributed by atoms with Gasteiger partial charge in [0.1, 0.15) is 12.4 Å². The highest BCUT2D eigenvalue weighted by Gasteiger charge is 2.05. The molecule has 0 fully saturated rings. The molecule has 0 spiro atoms. The van der Waals surface area contributed by atoms with Crippen molar-refractivity contribution in [3.05, 3.63) is 54.1 Å². The molecule has 0 atom stereocenters. The molecule has 0 aromatic heterocycles. The summed E-state index contributed by atoms with van der Waals surface area (Å²) in [5.41, 5.74) is 1.13. The second kappa shape index (κ2) is 12.3. The van der Waals surface area contributed by atoms with Gasteiger partial charge in [0.05, 0.1) is 13.2 Å². The lowest BCUT2D eigenvalue weighted by Gasteiger charge is -2.11. The van der Waals surface area contributed by atoms with E-state index in [-0.39, 0.29) is 12.5 Å². The molecule has 0 aliphatic rings. The minimum Gasteiger partial charge on any atom is -0.490 e. The fourth-order valence-corrected chi connectivity index (χ4v) is 2.57. The molecule has 0 heterocycles. The van der Waals surface area contributed by atoms with Crippen LogP contribution in [0.25, 0.3) is 0 Å². The van der Waals surface area contributed by atoms with E-state index in [4.69, 9.17) is 20.6 Å². The molecule has 0 saturated heterocycles. The van der Waals surface area contributed by atoms with E-state index in [0.29, 0.717) is 38.3 Å². The van der Waals surface area contributed by atoms with Crippen molar-refractivity contribution in [1.29, 1.82) is 0 Å². The van der Waals surface area contributed by atoms with Crippen LogP contribution < -0.4 is 19.5 Å². The Morgan fingerprint density at radius 3 is 2.43 bits per heavy atom. The zero-order chi connectivity index (χ0) is 20.0. The van der Waals surface area contributed by atoms with E-state index in [1.807, 2.05) is 55.5 Å². The van der Waals surface area contributed by atoms with E-state index >= 15 is 0 Å². The van der Waals surface area contributed by atoms with Crippen LogP contribution in [0, 0.1) is 12.3 Å². The summed E-state index contributed by atoms with van der Waals surface area (Å²) in [7, 11) is 0. The Morgan fingerprint density at radius 1 is 1.04 bits per heavy atom. The van der Waals surface area contributed by atoms with Crippen LogP contribution >= 0.6 is 0 Å². The summed E-state index contributed by atoms with van der Waals surface area (Å²) in [6, 6.07) is 15.3. The lowest BCUT2D eigenvalue weighted by atomic mass is 10.1.